The Bertz CT molecular complexity index is 1070. The number of hydrogen-bond acceptors (Lipinski definition) is 5. The fourth-order valence-electron chi connectivity index (χ4n) is 4.33. The maximum Gasteiger partial charge on any atom is 0.265 e. The molecular weight excluding hydrogens is 352 g/mol. The summed E-state index contributed by atoms with van der Waals surface area (Å²) in [5, 5.41) is 0. The molecule has 2 aliphatic rings. The summed E-state index contributed by atoms with van der Waals surface area (Å²) in [6.45, 7) is 5.63. The van der Waals surface area contributed by atoms with Gasteiger partial charge in [0, 0.05) is 31.0 Å². The molecule has 4 heterocycles. The molecule has 1 fully saturated rings. The monoisotopic (exact) mass is 376 g/mol. The number of fused-ring (bicyclic) bond motifs is 2. The van der Waals surface area contributed by atoms with E-state index in [9.17, 15) is 4.79 Å². The Morgan fingerprint density at radius 1 is 1.11 bits per heavy atom. The molecule has 1 atom stereocenters. The average Bonchev–Trinajstić information content (AvgIpc) is 3.05. The van der Waals surface area contributed by atoms with Crippen molar-refractivity contribution in [2.75, 3.05) is 36.1 Å². The van der Waals surface area contributed by atoms with E-state index < -0.39 is 0 Å². The summed E-state index contributed by atoms with van der Waals surface area (Å²) in [5.74, 6) is 0.802. The minimum absolute atomic E-state index is 0.0173. The smallest absolute Gasteiger partial charge is 0.265 e. The van der Waals surface area contributed by atoms with Gasteiger partial charge in [-0.1, -0.05) is 24.3 Å². The summed E-state index contributed by atoms with van der Waals surface area (Å²) in [6, 6.07) is 14.5. The van der Waals surface area contributed by atoms with Crippen LogP contribution in [0.1, 0.15) is 18.1 Å². The van der Waals surface area contributed by atoms with Gasteiger partial charge < -0.3 is 14.5 Å². The van der Waals surface area contributed by atoms with Crippen molar-refractivity contribution < 1.29 is 4.74 Å². The van der Waals surface area contributed by atoms with Gasteiger partial charge in [0.25, 0.3) is 5.56 Å². The third kappa shape index (κ3) is 2.85. The molecule has 3 aromatic rings. The number of ether oxygens (including phenoxy) is 1. The Morgan fingerprint density at radius 2 is 1.89 bits per heavy atom. The van der Waals surface area contributed by atoms with Gasteiger partial charge >= 0.3 is 0 Å². The molecule has 5 rings (SSSR count). The van der Waals surface area contributed by atoms with Crippen molar-refractivity contribution in [2.24, 2.45) is 0 Å². The van der Waals surface area contributed by atoms with Gasteiger partial charge in [-0.3, -0.25) is 9.20 Å². The van der Waals surface area contributed by atoms with Crippen LogP contribution in [0.2, 0.25) is 0 Å². The van der Waals surface area contributed by atoms with Crippen molar-refractivity contribution >= 4 is 17.2 Å². The highest BCUT2D eigenvalue weighted by atomic mass is 16.5. The SMILES string of the molecule is CC1Cc2ccccc2N1Cc1c(N2CCOCC2)nc2ccccn2c1=O. The highest BCUT2D eigenvalue weighted by molar-refractivity contribution is 5.61. The summed E-state index contributed by atoms with van der Waals surface area (Å²) in [5.41, 5.74) is 4.03. The maximum absolute atomic E-state index is 13.4. The van der Waals surface area contributed by atoms with Gasteiger partial charge in [-0.05, 0) is 37.1 Å². The van der Waals surface area contributed by atoms with Crippen molar-refractivity contribution in [1.29, 1.82) is 0 Å². The van der Waals surface area contributed by atoms with E-state index in [2.05, 4.69) is 41.0 Å². The lowest BCUT2D eigenvalue weighted by molar-refractivity contribution is 0.122. The average molecular weight is 376 g/mol. The standard InChI is InChI=1S/C22H24N4O2/c1-16-14-17-6-2-3-7-19(17)26(16)15-18-21(24-10-12-28-13-11-24)23-20-8-4-5-9-25(20)22(18)27/h2-9,16H,10-15H2,1H3. The van der Waals surface area contributed by atoms with E-state index >= 15 is 0 Å². The quantitative estimate of drug-likeness (QED) is 0.703. The lowest BCUT2D eigenvalue weighted by Gasteiger charge is -2.31. The van der Waals surface area contributed by atoms with Gasteiger partial charge in [0.2, 0.25) is 0 Å². The summed E-state index contributed by atoms with van der Waals surface area (Å²) < 4.78 is 7.17. The normalized spacial score (nSPS) is 19.2. The first kappa shape index (κ1) is 17.3. The van der Waals surface area contributed by atoms with Crippen molar-refractivity contribution in [3.05, 3.63) is 70.1 Å². The van der Waals surface area contributed by atoms with Crippen LogP contribution in [0.4, 0.5) is 11.5 Å². The second kappa shape index (κ2) is 6.95. The highest BCUT2D eigenvalue weighted by Gasteiger charge is 2.29. The van der Waals surface area contributed by atoms with Gasteiger partial charge in [0.05, 0.1) is 25.3 Å². The van der Waals surface area contributed by atoms with Gasteiger partial charge in [-0.25, -0.2) is 4.98 Å². The molecule has 0 amide bonds. The molecule has 1 aromatic carbocycles. The van der Waals surface area contributed by atoms with Crippen LogP contribution in [0.3, 0.4) is 0 Å². The first-order chi connectivity index (χ1) is 13.7. The Kier molecular flexibility index (Phi) is 4.28. The van der Waals surface area contributed by atoms with Crippen molar-refractivity contribution in [3.8, 4) is 0 Å². The van der Waals surface area contributed by atoms with Crippen molar-refractivity contribution in [2.45, 2.75) is 25.9 Å². The van der Waals surface area contributed by atoms with Crippen LogP contribution < -0.4 is 15.4 Å². The number of benzene rings is 1. The number of anilines is 2. The molecule has 1 saturated heterocycles. The summed E-state index contributed by atoms with van der Waals surface area (Å²) in [6.07, 6.45) is 2.81. The second-order valence-electron chi connectivity index (χ2n) is 7.56. The predicted molar refractivity (Wildman–Crippen MR) is 110 cm³/mol. The molecule has 28 heavy (non-hydrogen) atoms. The predicted octanol–water partition coefficient (Wildman–Crippen LogP) is 2.48. The Morgan fingerprint density at radius 3 is 2.75 bits per heavy atom. The Hall–Kier alpha value is -2.86. The van der Waals surface area contributed by atoms with Gasteiger partial charge in [-0.15, -0.1) is 0 Å². The van der Waals surface area contributed by atoms with E-state index in [1.165, 1.54) is 11.3 Å². The van der Waals surface area contributed by atoms with Crippen molar-refractivity contribution in [3.63, 3.8) is 0 Å². The lowest BCUT2D eigenvalue weighted by atomic mass is 10.1. The molecule has 6 heteroatoms. The number of aromatic nitrogens is 2. The van der Waals surface area contributed by atoms with E-state index in [0.717, 1.165) is 30.9 Å². The van der Waals surface area contributed by atoms with Crippen LogP contribution in [-0.4, -0.2) is 41.7 Å². The van der Waals surface area contributed by atoms with Crippen LogP contribution in [0, 0.1) is 0 Å². The molecule has 2 aromatic heterocycles. The molecule has 2 aliphatic heterocycles. The van der Waals surface area contributed by atoms with E-state index in [0.29, 0.717) is 31.4 Å². The maximum atomic E-state index is 13.4. The number of nitrogens with zero attached hydrogens (tertiary/aromatic N) is 4. The Balaban J connectivity index is 1.63. The molecular formula is C22H24N4O2. The molecule has 0 bridgehead atoms. The molecule has 0 N–H and O–H groups in total. The van der Waals surface area contributed by atoms with Crippen LogP contribution >= 0.6 is 0 Å². The number of morpholine rings is 1. The van der Waals surface area contributed by atoms with Gasteiger partial charge in [0.15, 0.2) is 0 Å². The molecule has 0 spiro atoms. The lowest BCUT2D eigenvalue weighted by Crippen LogP contribution is -2.40. The first-order valence-electron chi connectivity index (χ1n) is 9.90. The zero-order valence-electron chi connectivity index (χ0n) is 16.0. The minimum Gasteiger partial charge on any atom is -0.378 e. The van der Waals surface area contributed by atoms with E-state index in [1.54, 1.807) is 10.6 Å². The fourth-order valence-corrected chi connectivity index (χ4v) is 4.33. The largest absolute Gasteiger partial charge is 0.378 e. The number of hydrogen-bond donors (Lipinski definition) is 0. The molecule has 1 unspecified atom stereocenters. The second-order valence-corrected chi connectivity index (χ2v) is 7.56. The molecule has 0 radical (unpaired) electrons. The van der Waals surface area contributed by atoms with E-state index in [1.807, 2.05) is 18.2 Å². The highest BCUT2D eigenvalue weighted by Crippen LogP contribution is 2.33. The van der Waals surface area contributed by atoms with Crippen LogP contribution in [0.15, 0.2) is 53.5 Å². The van der Waals surface area contributed by atoms with E-state index in [4.69, 9.17) is 9.72 Å². The Labute approximate surface area is 164 Å². The van der Waals surface area contributed by atoms with Crippen LogP contribution in [-0.2, 0) is 17.7 Å². The van der Waals surface area contributed by atoms with Crippen LogP contribution in [0.5, 0.6) is 0 Å². The topological polar surface area (TPSA) is 50.1 Å². The van der Waals surface area contributed by atoms with Gasteiger partial charge in [-0.2, -0.15) is 0 Å². The van der Waals surface area contributed by atoms with Crippen molar-refractivity contribution in [1.82, 2.24) is 9.38 Å². The summed E-state index contributed by atoms with van der Waals surface area (Å²) in [7, 11) is 0. The zero-order chi connectivity index (χ0) is 19.1. The van der Waals surface area contributed by atoms with E-state index in [-0.39, 0.29) is 5.56 Å². The molecule has 0 saturated carbocycles. The van der Waals surface area contributed by atoms with Gasteiger partial charge in [0.1, 0.15) is 11.5 Å². The van der Waals surface area contributed by atoms with Crippen LogP contribution in [0.25, 0.3) is 5.65 Å². The molecule has 0 aliphatic carbocycles. The third-order valence-corrected chi connectivity index (χ3v) is 5.79. The number of rotatable bonds is 3. The summed E-state index contributed by atoms with van der Waals surface area (Å²) in [4.78, 5) is 22.9. The fraction of sp³-hybridized carbons (Fsp3) is 0.364. The summed E-state index contributed by atoms with van der Waals surface area (Å²) >= 11 is 0. The number of pyridine rings is 1. The third-order valence-electron chi connectivity index (χ3n) is 5.79. The minimum atomic E-state index is 0.0173. The number of para-hydroxylation sites is 1. The molecule has 144 valence electrons. The molecule has 6 nitrogen and oxygen atoms in total. The zero-order valence-corrected chi connectivity index (χ0v) is 16.0. The first-order valence-corrected chi connectivity index (χ1v) is 9.90.